The van der Waals surface area contributed by atoms with Gasteiger partial charge in [-0.3, -0.25) is 0 Å². The Balaban J connectivity index is 2.01. The molecule has 0 aromatic heterocycles. The quantitative estimate of drug-likeness (QED) is 0.635. The fraction of sp³-hybridized carbons (Fsp3) is 0.429. The van der Waals surface area contributed by atoms with Gasteiger partial charge in [0.15, 0.2) is 0 Å². The highest BCUT2D eigenvalue weighted by Gasteiger charge is 2.21. The van der Waals surface area contributed by atoms with Crippen molar-refractivity contribution in [1.82, 2.24) is 5.32 Å². The summed E-state index contributed by atoms with van der Waals surface area (Å²) in [6, 6.07) is 3.29. The van der Waals surface area contributed by atoms with E-state index in [1.807, 2.05) is 6.92 Å². The Morgan fingerprint density at radius 1 is 1.38 bits per heavy atom. The monoisotopic (exact) mass is 294 g/mol. The van der Waals surface area contributed by atoms with E-state index < -0.39 is 12.0 Å². The molecule has 2 atom stereocenters. The zero-order chi connectivity index (χ0) is 15.4. The Morgan fingerprint density at radius 3 is 2.81 bits per heavy atom. The number of anilines is 1. The van der Waals surface area contributed by atoms with Gasteiger partial charge < -0.3 is 25.6 Å². The van der Waals surface area contributed by atoms with Crippen LogP contribution in [0.5, 0.6) is 5.75 Å². The molecule has 1 aromatic carbocycles. The Hall–Kier alpha value is -2.28. The van der Waals surface area contributed by atoms with Crippen molar-refractivity contribution in [2.24, 2.45) is 0 Å². The molecule has 2 unspecified atom stereocenters. The number of aromatic carboxylic acids is 1. The highest BCUT2D eigenvalue weighted by Crippen LogP contribution is 2.21. The van der Waals surface area contributed by atoms with Gasteiger partial charge in [0.25, 0.3) is 0 Å². The van der Waals surface area contributed by atoms with Gasteiger partial charge in [-0.05, 0) is 38.0 Å². The van der Waals surface area contributed by atoms with Crippen LogP contribution in [-0.4, -0.2) is 41.0 Å². The molecule has 7 heteroatoms. The number of phenols is 1. The van der Waals surface area contributed by atoms with Crippen LogP contribution in [0.25, 0.3) is 0 Å². The molecule has 2 rings (SSSR count). The minimum atomic E-state index is -1.22. The molecule has 1 aliphatic heterocycles. The molecule has 1 heterocycles. The van der Waals surface area contributed by atoms with Crippen molar-refractivity contribution >= 4 is 17.7 Å². The molecule has 1 saturated heterocycles. The fourth-order valence-electron chi connectivity index (χ4n) is 2.29. The Morgan fingerprint density at radius 2 is 2.14 bits per heavy atom. The van der Waals surface area contributed by atoms with Crippen LogP contribution in [0.3, 0.4) is 0 Å². The van der Waals surface area contributed by atoms with Gasteiger partial charge in [0, 0.05) is 12.6 Å². The minimum Gasteiger partial charge on any atom is -0.508 e. The lowest BCUT2D eigenvalue weighted by Gasteiger charge is -2.28. The van der Waals surface area contributed by atoms with Crippen LogP contribution >= 0.6 is 0 Å². The van der Waals surface area contributed by atoms with E-state index in [9.17, 15) is 14.7 Å². The van der Waals surface area contributed by atoms with E-state index in [0.717, 1.165) is 18.9 Å². The molecular formula is C14H18N2O5. The number of rotatable bonds is 3. The number of phenolic OH excluding ortho intramolecular Hbond substituents is 1. The summed E-state index contributed by atoms with van der Waals surface area (Å²) in [5.74, 6) is -1.39. The number of urea groups is 1. The van der Waals surface area contributed by atoms with E-state index >= 15 is 0 Å². The smallest absolute Gasteiger partial charge is 0.337 e. The third-order valence-corrected chi connectivity index (χ3v) is 3.30. The third-order valence-electron chi connectivity index (χ3n) is 3.30. The molecule has 1 aliphatic rings. The second-order valence-corrected chi connectivity index (χ2v) is 5.04. The predicted molar refractivity (Wildman–Crippen MR) is 75.7 cm³/mol. The van der Waals surface area contributed by atoms with Gasteiger partial charge in [-0.15, -0.1) is 0 Å². The number of hydrogen-bond donors (Lipinski definition) is 4. The van der Waals surface area contributed by atoms with Gasteiger partial charge >= 0.3 is 12.0 Å². The summed E-state index contributed by atoms with van der Waals surface area (Å²) in [5, 5.41) is 23.7. The molecular weight excluding hydrogens is 276 g/mol. The summed E-state index contributed by atoms with van der Waals surface area (Å²) < 4.78 is 5.39. The molecule has 7 nitrogen and oxygen atoms in total. The molecule has 21 heavy (non-hydrogen) atoms. The summed E-state index contributed by atoms with van der Waals surface area (Å²) in [4.78, 5) is 23.0. The molecule has 4 N–H and O–H groups in total. The zero-order valence-electron chi connectivity index (χ0n) is 11.6. The molecule has 114 valence electrons. The highest BCUT2D eigenvalue weighted by atomic mass is 16.5. The number of hydrogen-bond acceptors (Lipinski definition) is 4. The number of aromatic hydroxyl groups is 1. The first-order valence-corrected chi connectivity index (χ1v) is 6.71. The van der Waals surface area contributed by atoms with Gasteiger partial charge in [0.2, 0.25) is 0 Å². The normalized spacial score (nSPS) is 21.6. The number of carbonyl (C=O) groups excluding carboxylic acids is 1. The van der Waals surface area contributed by atoms with Crippen LogP contribution in [0.1, 0.15) is 30.1 Å². The first-order chi connectivity index (χ1) is 9.95. The molecule has 1 fully saturated rings. The number of carboxylic acid groups (broad SMARTS) is 1. The lowest BCUT2D eigenvalue weighted by molar-refractivity contribution is 0.0157. The lowest BCUT2D eigenvalue weighted by Crippen LogP contribution is -2.43. The van der Waals surface area contributed by atoms with Gasteiger partial charge in [0.1, 0.15) is 5.75 Å². The number of ether oxygens (including phenoxy) is 1. The number of carboxylic acids is 1. The number of amides is 2. The van der Waals surface area contributed by atoms with Crippen molar-refractivity contribution in [1.29, 1.82) is 0 Å². The van der Waals surface area contributed by atoms with Crippen LogP contribution in [0.15, 0.2) is 18.2 Å². The lowest BCUT2D eigenvalue weighted by atomic mass is 10.0. The molecule has 0 aliphatic carbocycles. The molecule has 2 amide bonds. The largest absolute Gasteiger partial charge is 0.508 e. The van der Waals surface area contributed by atoms with Crippen LogP contribution in [0, 0.1) is 0 Å². The first-order valence-electron chi connectivity index (χ1n) is 6.71. The van der Waals surface area contributed by atoms with Crippen molar-refractivity contribution < 1.29 is 24.5 Å². The summed E-state index contributed by atoms with van der Waals surface area (Å²) >= 11 is 0. The maximum atomic E-state index is 11.9. The van der Waals surface area contributed by atoms with Crippen molar-refractivity contribution in [3.8, 4) is 5.75 Å². The molecule has 1 aromatic rings. The SMILES string of the molecule is CC1CC(NC(=O)Nc2ccc(O)cc2C(=O)O)CCO1. The van der Waals surface area contributed by atoms with Crippen LogP contribution in [-0.2, 0) is 4.74 Å². The average Bonchev–Trinajstić information content (AvgIpc) is 2.40. The maximum absolute atomic E-state index is 11.9. The van der Waals surface area contributed by atoms with Crippen molar-refractivity contribution in [3.63, 3.8) is 0 Å². The van der Waals surface area contributed by atoms with Crippen molar-refractivity contribution in [3.05, 3.63) is 23.8 Å². The maximum Gasteiger partial charge on any atom is 0.337 e. The van der Waals surface area contributed by atoms with Crippen molar-refractivity contribution in [2.75, 3.05) is 11.9 Å². The average molecular weight is 294 g/mol. The molecule has 0 radical (unpaired) electrons. The Bertz CT molecular complexity index is 546. The first kappa shape index (κ1) is 15.1. The molecule has 0 bridgehead atoms. The summed E-state index contributed by atoms with van der Waals surface area (Å²) in [6.45, 7) is 2.53. The number of carbonyl (C=O) groups is 2. The topological polar surface area (TPSA) is 108 Å². The standard InChI is InChI=1S/C14H18N2O5/c1-8-6-9(4-5-21-8)15-14(20)16-12-3-2-10(17)7-11(12)13(18)19/h2-3,7-9,17H,4-6H2,1H3,(H,18,19)(H2,15,16,20). The number of nitrogens with one attached hydrogen (secondary N) is 2. The van der Waals surface area contributed by atoms with Gasteiger partial charge in [-0.25, -0.2) is 9.59 Å². The zero-order valence-corrected chi connectivity index (χ0v) is 11.6. The molecule has 0 saturated carbocycles. The Labute approximate surface area is 121 Å². The van der Waals surface area contributed by atoms with E-state index in [1.54, 1.807) is 0 Å². The number of benzene rings is 1. The van der Waals surface area contributed by atoms with Crippen molar-refractivity contribution in [2.45, 2.75) is 31.9 Å². The Kier molecular flexibility index (Phi) is 4.64. The minimum absolute atomic E-state index is 0.000793. The second kappa shape index (κ2) is 6.45. The van der Waals surface area contributed by atoms with Crippen LogP contribution in [0.2, 0.25) is 0 Å². The summed E-state index contributed by atoms with van der Waals surface area (Å²) in [5.41, 5.74) is -0.0246. The fourth-order valence-corrected chi connectivity index (χ4v) is 2.29. The second-order valence-electron chi connectivity index (χ2n) is 5.04. The van der Waals surface area contributed by atoms with Gasteiger partial charge in [-0.2, -0.15) is 0 Å². The van der Waals surface area contributed by atoms with E-state index in [-0.39, 0.29) is 29.1 Å². The summed E-state index contributed by atoms with van der Waals surface area (Å²) in [7, 11) is 0. The van der Waals surface area contributed by atoms with Gasteiger partial charge in [0.05, 0.1) is 17.4 Å². The van der Waals surface area contributed by atoms with Crippen LogP contribution in [0.4, 0.5) is 10.5 Å². The van der Waals surface area contributed by atoms with Gasteiger partial charge in [-0.1, -0.05) is 0 Å². The third kappa shape index (κ3) is 4.09. The molecule has 0 spiro atoms. The predicted octanol–water partition coefficient (Wildman–Crippen LogP) is 1.78. The van der Waals surface area contributed by atoms with Crippen LogP contribution < -0.4 is 10.6 Å². The van der Waals surface area contributed by atoms with E-state index in [0.29, 0.717) is 6.61 Å². The van der Waals surface area contributed by atoms with E-state index in [1.165, 1.54) is 12.1 Å². The summed E-state index contributed by atoms with van der Waals surface area (Å²) in [6.07, 6.45) is 1.53. The van der Waals surface area contributed by atoms with E-state index in [2.05, 4.69) is 10.6 Å². The van der Waals surface area contributed by atoms with E-state index in [4.69, 9.17) is 9.84 Å². The highest BCUT2D eigenvalue weighted by molar-refractivity contribution is 6.00.